The second kappa shape index (κ2) is 7.62. The van der Waals surface area contributed by atoms with Gasteiger partial charge in [0.15, 0.2) is 0 Å². The van der Waals surface area contributed by atoms with Crippen LogP contribution in [0, 0.1) is 0 Å². The summed E-state index contributed by atoms with van der Waals surface area (Å²) in [6.07, 6.45) is 1.81. The number of aryl methyl sites for hydroxylation is 1. The molecule has 0 fully saturated rings. The van der Waals surface area contributed by atoms with Crippen LogP contribution in [0.4, 0.5) is 0 Å². The van der Waals surface area contributed by atoms with E-state index in [4.69, 9.17) is 28.9 Å². The van der Waals surface area contributed by atoms with Gasteiger partial charge >= 0.3 is 0 Å². The van der Waals surface area contributed by atoms with E-state index < -0.39 is 0 Å². The predicted molar refractivity (Wildman–Crippen MR) is 76.1 cm³/mol. The lowest BCUT2D eigenvalue weighted by Crippen LogP contribution is -2.29. The van der Waals surface area contributed by atoms with Crippen LogP contribution < -0.4 is 11.1 Å². The molecule has 100 valence electrons. The first-order chi connectivity index (χ1) is 8.49. The van der Waals surface area contributed by atoms with E-state index in [1.807, 2.05) is 13.0 Å². The van der Waals surface area contributed by atoms with Crippen molar-refractivity contribution in [3.63, 3.8) is 0 Å². The van der Waals surface area contributed by atoms with Crippen LogP contribution in [0.5, 0.6) is 0 Å². The predicted octanol–water partition coefficient (Wildman–Crippen LogP) is 2.78. The standard InChI is InChI=1S/C13H18Cl2N2O/c1-9(16)6-7-17-13(18)5-3-10-2-4-11(14)8-12(10)15/h2,4,8-9H,3,5-7,16H2,1H3,(H,17,18). The number of amides is 1. The average molecular weight is 289 g/mol. The summed E-state index contributed by atoms with van der Waals surface area (Å²) in [5.74, 6) is 0.0154. The van der Waals surface area contributed by atoms with Crippen molar-refractivity contribution in [2.24, 2.45) is 5.73 Å². The molecule has 0 saturated heterocycles. The van der Waals surface area contributed by atoms with Crippen LogP contribution in [0.15, 0.2) is 18.2 Å². The number of nitrogens with one attached hydrogen (secondary N) is 1. The zero-order valence-corrected chi connectivity index (χ0v) is 11.9. The molecule has 1 rings (SSSR count). The lowest BCUT2D eigenvalue weighted by molar-refractivity contribution is -0.121. The molecule has 3 N–H and O–H groups in total. The summed E-state index contributed by atoms with van der Waals surface area (Å²) >= 11 is 11.8. The Labute approximate surface area is 118 Å². The first-order valence-corrected chi connectivity index (χ1v) is 6.71. The fraction of sp³-hybridized carbons (Fsp3) is 0.462. The zero-order valence-electron chi connectivity index (χ0n) is 10.4. The molecule has 1 amide bonds. The Morgan fingerprint density at radius 2 is 2.17 bits per heavy atom. The van der Waals surface area contributed by atoms with Gasteiger partial charge in [-0.3, -0.25) is 4.79 Å². The number of nitrogens with two attached hydrogens (primary N) is 1. The molecule has 0 aliphatic carbocycles. The van der Waals surface area contributed by atoms with Gasteiger partial charge in [0.05, 0.1) is 0 Å². The second-order valence-corrected chi connectivity index (χ2v) is 5.20. The van der Waals surface area contributed by atoms with E-state index in [1.54, 1.807) is 12.1 Å². The maximum atomic E-state index is 11.6. The summed E-state index contributed by atoms with van der Waals surface area (Å²) in [5, 5.41) is 4.03. The number of hydrogen-bond donors (Lipinski definition) is 2. The Kier molecular flexibility index (Phi) is 6.47. The van der Waals surface area contributed by atoms with Gasteiger partial charge in [-0.05, 0) is 37.5 Å². The SMILES string of the molecule is CC(N)CCNC(=O)CCc1ccc(Cl)cc1Cl. The molecule has 1 aromatic carbocycles. The van der Waals surface area contributed by atoms with Crippen LogP contribution in [0.1, 0.15) is 25.3 Å². The topological polar surface area (TPSA) is 55.1 Å². The van der Waals surface area contributed by atoms with Gasteiger partial charge in [0.2, 0.25) is 5.91 Å². The Hall–Kier alpha value is -0.770. The molecule has 1 atom stereocenters. The highest BCUT2D eigenvalue weighted by atomic mass is 35.5. The molecule has 0 bridgehead atoms. The van der Waals surface area contributed by atoms with Crippen molar-refractivity contribution in [2.75, 3.05) is 6.54 Å². The average Bonchev–Trinajstić information content (AvgIpc) is 2.27. The lowest BCUT2D eigenvalue weighted by atomic mass is 10.1. The summed E-state index contributed by atoms with van der Waals surface area (Å²) in [5.41, 5.74) is 6.53. The maximum Gasteiger partial charge on any atom is 0.220 e. The number of rotatable bonds is 6. The van der Waals surface area contributed by atoms with E-state index in [-0.39, 0.29) is 11.9 Å². The van der Waals surface area contributed by atoms with E-state index in [0.717, 1.165) is 12.0 Å². The zero-order chi connectivity index (χ0) is 13.5. The molecule has 5 heteroatoms. The summed E-state index contributed by atoms with van der Waals surface area (Å²) in [6, 6.07) is 5.42. The first-order valence-electron chi connectivity index (χ1n) is 5.95. The maximum absolute atomic E-state index is 11.6. The molecule has 0 aliphatic rings. The van der Waals surface area contributed by atoms with Gasteiger partial charge in [0, 0.05) is 29.1 Å². The van der Waals surface area contributed by atoms with Gasteiger partial charge in [-0.2, -0.15) is 0 Å². The number of hydrogen-bond acceptors (Lipinski definition) is 2. The van der Waals surface area contributed by atoms with Crippen molar-refractivity contribution in [2.45, 2.75) is 32.2 Å². The van der Waals surface area contributed by atoms with Crippen molar-refractivity contribution >= 4 is 29.1 Å². The molecule has 0 saturated carbocycles. The molecule has 1 aromatic rings. The fourth-order valence-corrected chi connectivity index (χ4v) is 2.00. The van der Waals surface area contributed by atoms with Crippen LogP contribution >= 0.6 is 23.2 Å². The normalized spacial score (nSPS) is 12.2. The Morgan fingerprint density at radius 1 is 1.44 bits per heavy atom. The van der Waals surface area contributed by atoms with Crippen molar-refractivity contribution in [3.05, 3.63) is 33.8 Å². The largest absolute Gasteiger partial charge is 0.356 e. The van der Waals surface area contributed by atoms with Crippen LogP contribution in [-0.4, -0.2) is 18.5 Å². The van der Waals surface area contributed by atoms with Crippen LogP contribution in [0.2, 0.25) is 10.0 Å². The molecule has 0 spiro atoms. The minimum absolute atomic E-state index is 0.0154. The van der Waals surface area contributed by atoms with Crippen LogP contribution in [0.3, 0.4) is 0 Å². The summed E-state index contributed by atoms with van der Waals surface area (Å²) in [7, 11) is 0. The highest BCUT2D eigenvalue weighted by molar-refractivity contribution is 6.35. The minimum Gasteiger partial charge on any atom is -0.356 e. The van der Waals surface area contributed by atoms with Gasteiger partial charge in [0.1, 0.15) is 0 Å². The highest BCUT2D eigenvalue weighted by Gasteiger charge is 2.05. The molecule has 0 aliphatic heterocycles. The van der Waals surface area contributed by atoms with Crippen LogP contribution in [0.25, 0.3) is 0 Å². The van der Waals surface area contributed by atoms with Gasteiger partial charge in [-0.1, -0.05) is 29.3 Å². The third-order valence-corrected chi connectivity index (χ3v) is 3.15. The van der Waals surface area contributed by atoms with Gasteiger partial charge in [-0.25, -0.2) is 0 Å². The molecule has 1 unspecified atom stereocenters. The third kappa shape index (κ3) is 5.71. The number of halogens is 2. The van der Waals surface area contributed by atoms with Crippen molar-refractivity contribution in [1.29, 1.82) is 0 Å². The molecule has 3 nitrogen and oxygen atoms in total. The van der Waals surface area contributed by atoms with Gasteiger partial charge in [-0.15, -0.1) is 0 Å². The Bertz CT molecular complexity index is 408. The molecule has 0 heterocycles. The Balaban J connectivity index is 2.33. The van der Waals surface area contributed by atoms with E-state index in [2.05, 4.69) is 5.32 Å². The summed E-state index contributed by atoms with van der Waals surface area (Å²) in [4.78, 5) is 11.6. The monoisotopic (exact) mass is 288 g/mol. The third-order valence-electron chi connectivity index (χ3n) is 2.56. The number of carbonyl (C=O) groups excluding carboxylic acids is 1. The molecule has 18 heavy (non-hydrogen) atoms. The molecular formula is C13H18Cl2N2O. The van der Waals surface area contributed by atoms with Gasteiger partial charge < -0.3 is 11.1 Å². The summed E-state index contributed by atoms with van der Waals surface area (Å²) < 4.78 is 0. The molecule has 0 radical (unpaired) electrons. The second-order valence-electron chi connectivity index (χ2n) is 4.35. The molecule has 0 aromatic heterocycles. The number of carbonyl (C=O) groups is 1. The van der Waals surface area contributed by atoms with Crippen molar-refractivity contribution in [1.82, 2.24) is 5.32 Å². The highest BCUT2D eigenvalue weighted by Crippen LogP contribution is 2.21. The van der Waals surface area contributed by atoms with Crippen molar-refractivity contribution in [3.8, 4) is 0 Å². The minimum atomic E-state index is 0.0154. The van der Waals surface area contributed by atoms with Crippen LogP contribution in [-0.2, 0) is 11.2 Å². The smallest absolute Gasteiger partial charge is 0.220 e. The quantitative estimate of drug-likeness (QED) is 0.846. The van der Waals surface area contributed by atoms with E-state index in [1.165, 1.54) is 0 Å². The summed E-state index contributed by atoms with van der Waals surface area (Å²) in [6.45, 7) is 2.53. The van der Waals surface area contributed by atoms with Crippen molar-refractivity contribution < 1.29 is 4.79 Å². The van der Waals surface area contributed by atoms with E-state index >= 15 is 0 Å². The number of benzene rings is 1. The van der Waals surface area contributed by atoms with E-state index in [9.17, 15) is 4.79 Å². The Morgan fingerprint density at radius 3 is 2.78 bits per heavy atom. The molecular weight excluding hydrogens is 271 g/mol. The van der Waals surface area contributed by atoms with Gasteiger partial charge in [0.25, 0.3) is 0 Å². The lowest BCUT2D eigenvalue weighted by Gasteiger charge is -2.08. The first kappa shape index (κ1) is 15.3. The van der Waals surface area contributed by atoms with E-state index in [0.29, 0.717) is 29.4 Å². The fourth-order valence-electron chi connectivity index (χ4n) is 1.50.